The highest BCUT2D eigenvalue weighted by molar-refractivity contribution is 5.79. The number of aliphatic imine (C=N–C) groups is 1. The summed E-state index contributed by atoms with van der Waals surface area (Å²) in [6.07, 6.45) is 3.61. The number of nitrogens with zero attached hydrogens (tertiary/aromatic N) is 3. The first-order valence-corrected chi connectivity index (χ1v) is 10.4. The maximum absolute atomic E-state index is 5.47. The summed E-state index contributed by atoms with van der Waals surface area (Å²) in [6.45, 7) is 9.92. The van der Waals surface area contributed by atoms with Crippen LogP contribution in [0.15, 0.2) is 35.3 Å². The van der Waals surface area contributed by atoms with Crippen LogP contribution < -0.4 is 5.32 Å². The van der Waals surface area contributed by atoms with E-state index in [1.54, 1.807) is 0 Å². The Kier molecular flexibility index (Phi) is 9.64. The predicted octanol–water partition coefficient (Wildman–Crippen LogP) is 3.22. The van der Waals surface area contributed by atoms with Crippen LogP contribution >= 0.6 is 0 Å². The average Bonchev–Trinajstić information content (AvgIpc) is 2.70. The van der Waals surface area contributed by atoms with Crippen LogP contribution in [0.1, 0.15) is 38.7 Å². The van der Waals surface area contributed by atoms with Gasteiger partial charge in [-0.3, -0.25) is 9.89 Å². The monoisotopic (exact) mass is 374 g/mol. The number of nitrogens with one attached hydrogen (secondary N) is 1. The number of rotatable bonds is 9. The first kappa shape index (κ1) is 21.7. The minimum Gasteiger partial charge on any atom is -0.381 e. The standard InChI is InChI=1S/C22H38N4O/c1-5-23-22(25(3)14-11-20-12-15-27-16-13-20)24-17-19(2)26(4)18-21-9-7-6-8-10-21/h6-10,19-20H,5,11-18H2,1-4H3,(H,23,24). The van der Waals surface area contributed by atoms with Crippen molar-refractivity contribution in [1.29, 1.82) is 0 Å². The molecule has 27 heavy (non-hydrogen) atoms. The van der Waals surface area contributed by atoms with E-state index in [0.717, 1.165) is 51.3 Å². The fourth-order valence-electron chi connectivity index (χ4n) is 3.37. The number of likely N-dealkylation sites (N-methyl/N-ethyl adjacent to an activating group) is 1. The molecule has 0 amide bonds. The van der Waals surface area contributed by atoms with Crippen LogP contribution in [0.5, 0.6) is 0 Å². The molecule has 1 aliphatic rings. The van der Waals surface area contributed by atoms with Gasteiger partial charge in [0.05, 0.1) is 6.54 Å². The molecule has 1 saturated heterocycles. The molecule has 0 aromatic heterocycles. The normalized spacial score (nSPS) is 17.1. The van der Waals surface area contributed by atoms with Gasteiger partial charge in [-0.1, -0.05) is 30.3 Å². The van der Waals surface area contributed by atoms with Crippen molar-refractivity contribution in [2.24, 2.45) is 10.9 Å². The highest BCUT2D eigenvalue weighted by Gasteiger charge is 2.16. The molecule has 5 heteroatoms. The summed E-state index contributed by atoms with van der Waals surface area (Å²) in [5, 5.41) is 3.45. The fraction of sp³-hybridized carbons (Fsp3) is 0.682. The molecule has 1 atom stereocenters. The lowest BCUT2D eigenvalue weighted by Crippen LogP contribution is -2.41. The van der Waals surface area contributed by atoms with Crippen LogP contribution in [0.3, 0.4) is 0 Å². The van der Waals surface area contributed by atoms with Gasteiger partial charge in [0.15, 0.2) is 5.96 Å². The lowest BCUT2D eigenvalue weighted by molar-refractivity contribution is 0.0625. The third-order valence-electron chi connectivity index (χ3n) is 5.44. The molecule has 1 aromatic rings. The molecular weight excluding hydrogens is 336 g/mol. The molecule has 0 bridgehead atoms. The average molecular weight is 375 g/mol. The molecule has 0 spiro atoms. The van der Waals surface area contributed by atoms with Crippen LogP contribution in [0, 0.1) is 5.92 Å². The van der Waals surface area contributed by atoms with Gasteiger partial charge in [-0.05, 0) is 51.6 Å². The van der Waals surface area contributed by atoms with Gasteiger partial charge in [0, 0.05) is 45.9 Å². The first-order chi connectivity index (χ1) is 13.1. The lowest BCUT2D eigenvalue weighted by atomic mass is 9.96. The number of hydrogen-bond acceptors (Lipinski definition) is 3. The zero-order valence-corrected chi connectivity index (χ0v) is 17.7. The van der Waals surface area contributed by atoms with Gasteiger partial charge >= 0.3 is 0 Å². The van der Waals surface area contributed by atoms with Crippen molar-refractivity contribution in [3.63, 3.8) is 0 Å². The summed E-state index contributed by atoms with van der Waals surface area (Å²) < 4.78 is 5.47. The van der Waals surface area contributed by atoms with E-state index in [1.165, 1.54) is 24.8 Å². The Bertz CT molecular complexity index is 543. The topological polar surface area (TPSA) is 40.1 Å². The third kappa shape index (κ3) is 7.89. The first-order valence-electron chi connectivity index (χ1n) is 10.4. The Balaban J connectivity index is 1.82. The van der Waals surface area contributed by atoms with Crippen molar-refractivity contribution in [2.75, 3.05) is 46.9 Å². The smallest absolute Gasteiger partial charge is 0.193 e. The van der Waals surface area contributed by atoms with Gasteiger partial charge < -0.3 is 15.0 Å². The van der Waals surface area contributed by atoms with Crippen LogP contribution in [0.2, 0.25) is 0 Å². The second kappa shape index (κ2) is 12.0. The molecule has 1 aromatic carbocycles. The lowest BCUT2D eigenvalue weighted by Gasteiger charge is -2.28. The summed E-state index contributed by atoms with van der Waals surface area (Å²) in [5.74, 6) is 1.81. The Labute approximate surface area is 165 Å². The van der Waals surface area contributed by atoms with Crippen LogP contribution in [0.25, 0.3) is 0 Å². The van der Waals surface area contributed by atoms with Gasteiger partial charge in [-0.25, -0.2) is 0 Å². The van der Waals surface area contributed by atoms with Crippen LogP contribution in [-0.2, 0) is 11.3 Å². The van der Waals surface area contributed by atoms with Crippen molar-refractivity contribution in [1.82, 2.24) is 15.1 Å². The molecule has 2 rings (SSSR count). The molecule has 1 fully saturated rings. The van der Waals surface area contributed by atoms with E-state index in [9.17, 15) is 0 Å². The fourth-order valence-corrected chi connectivity index (χ4v) is 3.37. The van der Waals surface area contributed by atoms with Gasteiger partial charge in [0.1, 0.15) is 0 Å². The molecule has 0 radical (unpaired) electrons. The summed E-state index contributed by atoms with van der Waals surface area (Å²) in [5.41, 5.74) is 1.34. The van der Waals surface area contributed by atoms with Crippen LogP contribution in [-0.4, -0.2) is 68.7 Å². The van der Waals surface area contributed by atoms with Gasteiger partial charge in [-0.15, -0.1) is 0 Å². The molecule has 1 N–H and O–H groups in total. The number of hydrogen-bond donors (Lipinski definition) is 1. The van der Waals surface area contributed by atoms with Gasteiger partial charge in [0.2, 0.25) is 0 Å². The van der Waals surface area contributed by atoms with Crippen molar-refractivity contribution in [3.8, 4) is 0 Å². The Hall–Kier alpha value is -1.59. The molecule has 1 aliphatic heterocycles. The maximum atomic E-state index is 5.47. The predicted molar refractivity (Wildman–Crippen MR) is 114 cm³/mol. The number of guanidine groups is 1. The van der Waals surface area contributed by atoms with Crippen molar-refractivity contribution >= 4 is 5.96 Å². The zero-order chi connectivity index (χ0) is 19.5. The molecule has 152 valence electrons. The van der Waals surface area contributed by atoms with E-state index in [4.69, 9.17) is 9.73 Å². The van der Waals surface area contributed by atoms with Gasteiger partial charge in [0.25, 0.3) is 0 Å². The SMILES string of the molecule is CCNC(=NCC(C)N(C)Cc1ccccc1)N(C)CCC1CCOCC1. The highest BCUT2D eigenvalue weighted by atomic mass is 16.5. The van der Waals surface area contributed by atoms with E-state index in [0.29, 0.717) is 6.04 Å². The minimum atomic E-state index is 0.391. The van der Waals surface area contributed by atoms with Crippen molar-refractivity contribution < 1.29 is 4.74 Å². The molecule has 1 unspecified atom stereocenters. The Morgan fingerprint density at radius 1 is 1.22 bits per heavy atom. The summed E-state index contributed by atoms with van der Waals surface area (Å²) in [6, 6.07) is 11.0. The maximum Gasteiger partial charge on any atom is 0.193 e. The van der Waals surface area contributed by atoms with Crippen molar-refractivity contribution in [2.45, 2.75) is 45.7 Å². The molecule has 5 nitrogen and oxygen atoms in total. The van der Waals surface area contributed by atoms with Crippen molar-refractivity contribution in [3.05, 3.63) is 35.9 Å². The molecular formula is C22H38N4O. The summed E-state index contributed by atoms with van der Waals surface area (Å²) >= 11 is 0. The Morgan fingerprint density at radius 2 is 1.93 bits per heavy atom. The number of ether oxygens (including phenoxy) is 1. The third-order valence-corrected chi connectivity index (χ3v) is 5.44. The highest BCUT2D eigenvalue weighted by Crippen LogP contribution is 2.18. The Morgan fingerprint density at radius 3 is 2.59 bits per heavy atom. The van der Waals surface area contributed by atoms with E-state index < -0.39 is 0 Å². The van der Waals surface area contributed by atoms with E-state index in [-0.39, 0.29) is 0 Å². The van der Waals surface area contributed by atoms with E-state index in [2.05, 4.69) is 73.4 Å². The summed E-state index contributed by atoms with van der Waals surface area (Å²) in [4.78, 5) is 9.55. The molecule has 0 aliphatic carbocycles. The second-order valence-corrected chi connectivity index (χ2v) is 7.71. The molecule has 0 saturated carbocycles. The van der Waals surface area contributed by atoms with Crippen LogP contribution in [0.4, 0.5) is 0 Å². The van der Waals surface area contributed by atoms with E-state index in [1.807, 2.05) is 0 Å². The van der Waals surface area contributed by atoms with E-state index >= 15 is 0 Å². The second-order valence-electron chi connectivity index (χ2n) is 7.71. The number of benzene rings is 1. The zero-order valence-electron chi connectivity index (χ0n) is 17.7. The minimum absolute atomic E-state index is 0.391. The summed E-state index contributed by atoms with van der Waals surface area (Å²) in [7, 11) is 4.33. The molecule has 1 heterocycles. The largest absolute Gasteiger partial charge is 0.381 e. The quantitative estimate of drug-likeness (QED) is 0.532. The van der Waals surface area contributed by atoms with Gasteiger partial charge in [-0.2, -0.15) is 0 Å².